The summed E-state index contributed by atoms with van der Waals surface area (Å²) >= 11 is 0. The van der Waals surface area contributed by atoms with Crippen LogP contribution in [0.25, 0.3) is 0 Å². The number of halogens is 1. The summed E-state index contributed by atoms with van der Waals surface area (Å²) in [6, 6.07) is 0. The number of amides is 1. The Bertz CT molecular complexity index is 487. The molecule has 0 radical (unpaired) electrons. The Morgan fingerprint density at radius 3 is 2.37 bits per heavy atom. The van der Waals surface area contributed by atoms with Gasteiger partial charge in [-0.05, 0) is 38.3 Å². The first kappa shape index (κ1) is 24.5. The molecule has 2 rings (SSSR count). The van der Waals surface area contributed by atoms with Crippen LogP contribution >= 0.6 is 24.0 Å². The van der Waals surface area contributed by atoms with Crippen LogP contribution in [0.5, 0.6) is 0 Å². The van der Waals surface area contributed by atoms with Gasteiger partial charge in [0.15, 0.2) is 5.96 Å². The van der Waals surface area contributed by atoms with E-state index in [1.54, 1.807) is 4.90 Å². The molecule has 0 aromatic rings. The summed E-state index contributed by atoms with van der Waals surface area (Å²) in [5.41, 5.74) is -0.250. The molecule has 6 nitrogen and oxygen atoms in total. The van der Waals surface area contributed by atoms with Crippen LogP contribution in [-0.4, -0.2) is 87.0 Å². The molecule has 1 saturated carbocycles. The highest BCUT2D eigenvalue weighted by Gasteiger charge is 2.42. The molecule has 1 aliphatic carbocycles. The number of nitrogens with zero attached hydrogens (tertiary/aromatic N) is 4. The molecule has 0 aromatic heterocycles. The highest BCUT2D eigenvalue weighted by Crippen LogP contribution is 2.39. The zero-order valence-corrected chi connectivity index (χ0v) is 20.3. The Morgan fingerprint density at radius 2 is 1.85 bits per heavy atom. The van der Waals surface area contributed by atoms with E-state index in [2.05, 4.69) is 34.0 Å². The Labute approximate surface area is 183 Å². The van der Waals surface area contributed by atoms with Gasteiger partial charge in [-0.2, -0.15) is 0 Å². The predicted molar refractivity (Wildman–Crippen MR) is 124 cm³/mol. The number of nitrogens with one attached hydrogen (secondary N) is 1. The molecule has 158 valence electrons. The summed E-state index contributed by atoms with van der Waals surface area (Å²) in [4.78, 5) is 23.9. The SMILES string of the molecule is CCN(CC)CC1CCN(C(=NC)NCC2(C(=O)N(C)C)CCCC2)C1.I. The minimum atomic E-state index is -0.250. The third kappa shape index (κ3) is 6.21. The lowest BCUT2D eigenvalue weighted by molar-refractivity contribution is -0.138. The van der Waals surface area contributed by atoms with Gasteiger partial charge in [0.1, 0.15) is 0 Å². The molecule has 0 spiro atoms. The third-order valence-corrected chi connectivity index (χ3v) is 6.21. The Hall–Kier alpha value is -0.570. The van der Waals surface area contributed by atoms with Crippen molar-refractivity contribution in [3.8, 4) is 0 Å². The van der Waals surface area contributed by atoms with Crippen molar-refractivity contribution >= 4 is 35.8 Å². The van der Waals surface area contributed by atoms with E-state index in [1.165, 1.54) is 13.0 Å². The molecule has 2 aliphatic rings. The second kappa shape index (κ2) is 11.4. The molecule has 7 heteroatoms. The van der Waals surface area contributed by atoms with Gasteiger partial charge < -0.3 is 20.0 Å². The van der Waals surface area contributed by atoms with Crippen LogP contribution in [0, 0.1) is 11.3 Å². The van der Waals surface area contributed by atoms with Gasteiger partial charge in [0.2, 0.25) is 5.91 Å². The van der Waals surface area contributed by atoms with E-state index < -0.39 is 0 Å². The predicted octanol–water partition coefficient (Wildman–Crippen LogP) is 2.49. The topological polar surface area (TPSA) is 51.2 Å². The summed E-state index contributed by atoms with van der Waals surface area (Å²) in [6.45, 7) is 10.7. The average Bonchev–Trinajstić information content (AvgIpc) is 3.30. The van der Waals surface area contributed by atoms with Crippen LogP contribution in [0.15, 0.2) is 4.99 Å². The van der Waals surface area contributed by atoms with Crippen LogP contribution in [0.3, 0.4) is 0 Å². The van der Waals surface area contributed by atoms with Crippen molar-refractivity contribution in [2.45, 2.75) is 46.0 Å². The zero-order chi connectivity index (χ0) is 19.2. The summed E-state index contributed by atoms with van der Waals surface area (Å²) in [6.07, 6.45) is 5.49. The highest BCUT2D eigenvalue weighted by atomic mass is 127. The molecule has 0 aromatic carbocycles. The maximum absolute atomic E-state index is 12.8. The van der Waals surface area contributed by atoms with Gasteiger partial charge in [0.05, 0.1) is 5.41 Å². The Morgan fingerprint density at radius 1 is 1.22 bits per heavy atom. The monoisotopic (exact) mass is 493 g/mol. The molecule has 1 N–H and O–H groups in total. The Balaban J connectivity index is 0.00000364. The minimum absolute atomic E-state index is 0. The van der Waals surface area contributed by atoms with Crippen molar-refractivity contribution in [1.29, 1.82) is 0 Å². The van der Waals surface area contributed by atoms with Crippen LogP contribution in [0.1, 0.15) is 46.0 Å². The molecule has 1 heterocycles. The van der Waals surface area contributed by atoms with Gasteiger partial charge in [-0.15, -0.1) is 24.0 Å². The van der Waals surface area contributed by atoms with Gasteiger partial charge in [0.25, 0.3) is 0 Å². The van der Waals surface area contributed by atoms with Crippen molar-refractivity contribution in [3.63, 3.8) is 0 Å². The normalized spacial score (nSPS) is 22.1. The number of aliphatic imine (C=N–C) groups is 1. The number of hydrogen-bond donors (Lipinski definition) is 1. The summed E-state index contributed by atoms with van der Waals surface area (Å²) in [5, 5.41) is 3.55. The fraction of sp³-hybridized carbons (Fsp3) is 0.900. The number of carbonyl (C=O) groups excluding carboxylic acids is 1. The number of carbonyl (C=O) groups is 1. The lowest BCUT2D eigenvalue weighted by Gasteiger charge is -2.32. The molecule has 1 unspecified atom stereocenters. The van der Waals surface area contributed by atoms with Crippen LogP contribution in [-0.2, 0) is 4.79 Å². The lowest BCUT2D eigenvalue weighted by atomic mass is 9.84. The summed E-state index contributed by atoms with van der Waals surface area (Å²) < 4.78 is 0. The largest absolute Gasteiger partial charge is 0.355 e. The van der Waals surface area contributed by atoms with Gasteiger partial charge in [-0.3, -0.25) is 9.79 Å². The van der Waals surface area contributed by atoms with E-state index in [0.29, 0.717) is 12.5 Å². The van der Waals surface area contributed by atoms with E-state index in [9.17, 15) is 4.79 Å². The first-order chi connectivity index (χ1) is 12.5. The van der Waals surface area contributed by atoms with E-state index in [4.69, 9.17) is 0 Å². The van der Waals surface area contributed by atoms with Gasteiger partial charge in [0, 0.05) is 47.3 Å². The second-order valence-electron chi connectivity index (χ2n) is 8.17. The first-order valence-corrected chi connectivity index (χ1v) is 10.4. The summed E-state index contributed by atoms with van der Waals surface area (Å²) in [5.74, 6) is 1.93. The quantitative estimate of drug-likeness (QED) is 0.337. The highest BCUT2D eigenvalue weighted by molar-refractivity contribution is 14.0. The standard InChI is InChI=1S/C20H39N5O.HI/c1-6-24(7-2)14-17-10-13-25(15-17)19(21-3)22-16-20(11-8-9-12-20)18(26)23(4)5;/h17H,6-16H2,1-5H3,(H,21,22);1H. The zero-order valence-electron chi connectivity index (χ0n) is 18.0. The maximum Gasteiger partial charge on any atom is 0.230 e. The van der Waals surface area contributed by atoms with E-state index >= 15 is 0 Å². The Kier molecular flexibility index (Phi) is 10.4. The van der Waals surface area contributed by atoms with E-state index in [0.717, 1.165) is 57.8 Å². The first-order valence-electron chi connectivity index (χ1n) is 10.4. The van der Waals surface area contributed by atoms with Crippen molar-refractivity contribution in [2.24, 2.45) is 16.3 Å². The van der Waals surface area contributed by atoms with Crippen LogP contribution < -0.4 is 5.32 Å². The van der Waals surface area contributed by atoms with E-state index in [1.807, 2.05) is 21.1 Å². The van der Waals surface area contributed by atoms with Gasteiger partial charge in [-0.25, -0.2) is 0 Å². The molecule has 0 bridgehead atoms. The van der Waals surface area contributed by atoms with Crippen molar-refractivity contribution in [1.82, 2.24) is 20.0 Å². The molecule has 27 heavy (non-hydrogen) atoms. The molecule has 2 fully saturated rings. The average molecular weight is 493 g/mol. The van der Waals surface area contributed by atoms with Crippen molar-refractivity contribution < 1.29 is 4.79 Å². The van der Waals surface area contributed by atoms with Crippen molar-refractivity contribution in [3.05, 3.63) is 0 Å². The molecular formula is C20H40IN5O. The number of rotatable bonds is 7. The molecule has 1 aliphatic heterocycles. The number of likely N-dealkylation sites (tertiary alicyclic amines) is 1. The fourth-order valence-electron chi connectivity index (χ4n) is 4.59. The number of hydrogen-bond acceptors (Lipinski definition) is 3. The molecule has 1 atom stereocenters. The number of guanidine groups is 1. The van der Waals surface area contributed by atoms with Crippen molar-refractivity contribution in [2.75, 3.05) is 60.4 Å². The smallest absolute Gasteiger partial charge is 0.230 e. The third-order valence-electron chi connectivity index (χ3n) is 6.21. The second-order valence-corrected chi connectivity index (χ2v) is 8.17. The molecule has 1 amide bonds. The maximum atomic E-state index is 12.8. The lowest BCUT2D eigenvalue weighted by Crippen LogP contribution is -2.50. The van der Waals surface area contributed by atoms with E-state index in [-0.39, 0.29) is 35.3 Å². The summed E-state index contributed by atoms with van der Waals surface area (Å²) in [7, 11) is 5.60. The molecule has 1 saturated heterocycles. The van der Waals surface area contributed by atoms with Crippen LogP contribution in [0.4, 0.5) is 0 Å². The van der Waals surface area contributed by atoms with Gasteiger partial charge >= 0.3 is 0 Å². The minimum Gasteiger partial charge on any atom is -0.355 e. The van der Waals surface area contributed by atoms with Gasteiger partial charge in [-0.1, -0.05) is 26.7 Å². The van der Waals surface area contributed by atoms with Crippen LogP contribution in [0.2, 0.25) is 0 Å². The molecular weight excluding hydrogens is 453 g/mol. The fourth-order valence-corrected chi connectivity index (χ4v) is 4.59.